The Kier molecular flexibility index (Phi) is 6.23. The van der Waals surface area contributed by atoms with E-state index in [1.54, 1.807) is 0 Å². The number of ether oxygens (including phenoxy) is 1. The predicted molar refractivity (Wildman–Crippen MR) is 122 cm³/mol. The second-order valence-corrected chi connectivity index (χ2v) is 10.7. The minimum absolute atomic E-state index is 0.167. The summed E-state index contributed by atoms with van der Waals surface area (Å²) < 4.78 is 37.9. The Balaban J connectivity index is 1.31. The second-order valence-electron chi connectivity index (χ2n) is 8.26. The third kappa shape index (κ3) is 4.16. The molecule has 34 heavy (non-hydrogen) atoms. The summed E-state index contributed by atoms with van der Waals surface area (Å²) in [6.07, 6.45) is -0.846. The Morgan fingerprint density at radius 1 is 1.35 bits per heavy atom. The lowest BCUT2D eigenvalue weighted by molar-refractivity contribution is -0.0953. The van der Waals surface area contributed by atoms with Gasteiger partial charge in [0.05, 0.1) is 25.6 Å². The number of nitrogens with zero attached hydrogens (tertiary/aromatic N) is 4. The minimum Gasteiger partial charge on any atom is -0.387 e. The molecule has 0 amide bonds. The van der Waals surface area contributed by atoms with Crippen molar-refractivity contribution in [3.63, 3.8) is 0 Å². The summed E-state index contributed by atoms with van der Waals surface area (Å²) in [5.74, 6) is 0.172. The number of phosphoric acid groups is 1. The lowest BCUT2D eigenvalue weighted by Gasteiger charge is -2.30. The van der Waals surface area contributed by atoms with Gasteiger partial charge in [-0.1, -0.05) is 34.1 Å². The first-order chi connectivity index (χ1) is 16.2. The molecule has 6 atom stereocenters. The maximum atomic E-state index is 13.1. The van der Waals surface area contributed by atoms with Gasteiger partial charge in [-0.2, -0.15) is 0 Å². The topological polar surface area (TPSA) is 164 Å². The van der Waals surface area contributed by atoms with Crippen molar-refractivity contribution in [1.29, 1.82) is 0 Å². The van der Waals surface area contributed by atoms with Crippen molar-refractivity contribution in [2.45, 2.75) is 43.5 Å². The number of nitrogens with two attached hydrogens (primary N) is 1. The van der Waals surface area contributed by atoms with Crippen molar-refractivity contribution in [2.75, 3.05) is 18.9 Å². The molecule has 0 spiro atoms. The predicted octanol–water partition coefficient (Wildman–Crippen LogP) is 2.48. The van der Waals surface area contributed by atoms with Crippen LogP contribution in [0.5, 0.6) is 0 Å². The minimum atomic E-state index is -3.95. The van der Waals surface area contributed by atoms with Crippen LogP contribution in [0.3, 0.4) is 0 Å². The van der Waals surface area contributed by atoms with E-state index in [2.05, 4.69) is 30.9 Å². The molecule has 5 rings (SSSR count). The van der Waals surface area contributed by atoms with Crippen LogP contribution in [0, 0.1) is 0 Å². The Morgan fingerprint density at radius 3 is 2.94 bits per heavy atom. The van der Waals surface area contributed by atoms with Gasteiger partial charge in [0.2, 0.25) is 0 Å². The van der Waals surface area contributed by atoms with Gasteiger partial charge in [0.1, 0.15) is 29.7 Å². The number of rotatable bonds is 5. The van der Waals surface area contributed by atoms with Gasteiger partial charge < -0.3 is 20.7 Å². The summed E-state index contributed by atoms with van der Waals surface area (Å²) in [7, 11) is -3.95. The lowest BCUT2D eigenvalue weighted by Crippen LogP contribution is -2.44. The van der Waals surface area contributed by atoms with E-state index < -0.39 is 38.0 Å². The molecule has 1 aromatic carbocycles. The van der Waals surface area contributed by atoms with Crippen LogP contribution in [-0.2, 0) is 22.9 Å². The molecular formula is C20H23BrN5O7P. The normalized spacial score (nSPS) is 34.0. The molecule has 0 radical (unpaired) electrons. The number of nitrogen functional groups attached to an aromatic ring is 1. The van der Waals surface area contributed by atoms with Crippen molar-refractivity contribution in [1.82, 2.24) is 19.5 Å². The number of fused-ring (bicyclic) bond motifs is 1. The van der Waals surface area contributed by atoms with E-state index in [-0.39, 0.29) is 19.0 Å². The molecular weight excluding hydrogens is 533 g/mol. The molecule has 2 aromatic heterocycles. The van der Waals surface area contributed by atoms with E-state index in [0.29, 0.717) is 17.6 Å². The van der Waals surface area contributed by atoms with Gasteiger partial charge in [-0.3, -0.25) is 18.1 Å². The standard InChI is InChI=1S/C20H23BrN5O7P/c1-20(28)16(27)14(32-19(20)26-10-25-15-17(22)23-9-24-18(15)26)8-31-34(29)30-7-6-13(33-34)11-4-2-3-5-12(11)21/h2-5,9-10,13-14,16,19,27-28H,6-8H2,1H3,(H2,22,23,24)/t13?,14-,16-,19-,20-,34?/m1/s1. The van der Waals surface area contributed by atoms with E-state index in [1.165, 1.54) is 24.1 Å². The maximum Gasteiger partial charge on any atom is 0.475 e. The number of hydrogen-bond donors (Lipinski definition) is 3. The number of benzene rings is 1. The van der Waals surface area contributed by atoms with Gasteiger partial charge in [-0.15, -0.1) is 0 Å². The fourth-order valence-corrected chi connectivity index (χ4v) is 6.04. The van der Waals surface area contributed by atoms with Crippen molar-refractivity contribution >= 4 is 40.7 Å². The largest absolute Gasteiger partial charge is 0.475 e. The van der Waals surface area contributed by atoms with Gasteiger partial charge in [0, 0.05) is 10.9 Å². The number of aliphatic hydroxyl groups is 2. The molecule has 2 fully saturated rings. The summed E-state index contributed by atoms with van der Waals surface area (Å²) in [5, 5.41) is 21.8. The first-order valence-corrected chi connectivity index (χ1v) is 12.8. The fraction of sp³-hybridized carbons (Fsp3) is 0.450. The number of imidazole rings is 1. The van der Waals surface area contributed by atoms with E-state index in [1.807, 2.05) is 24.3 Å². The first kappa shape index (κ1) is 23.8. The number of anilines is 1. The third-order valence-electron chi connectivity index (χ3n) is 5.93. The number of phosphoric ester groups is 1. The van der Waals surface area contributed by atoms with Crippen molar-refractivity contribution < 1.29 is 33.1 Å². The summed E-state index contributed by atoms with van der Waals surface area (Å²) in [5.41, 5.74) is 5.57. The number of hydrogen-bond acceptors (Lipinski definition) is 11. The van der Waals surface area contributed by atoms with Gasteiger partial charge in [0.15, 0.2) is 17.7 Å². The van der Waals surface area contributed by atoms with Gasteiger partial charge >= 0.3 is 7.82 Å². The summed E-state index contributed by atoms with van der Waals surface area (Å²) in [4.78, 5) is 12.2. The Bertz CT molecular complexity index is 1260. The van der Waals surface area contributed by atoms with Crippen molar-refractivity contribution in [3.8, 4) is 0 Å². The average Bonchev–Trinajstić information content (AvgIpc) is 3.32. The molecule has 2 unspecified atom stereocenters. The zero-order valence-electron chi connectivity index (χ0n) is 18.0. The van der Waals surface area contributed by atoms with E-state index in [4.69, 9.17) is 24.0 Å². The molecule has 182 valence electrons. The molecule has 2 aliphatic heterocycles. The second kappa shape index (κ2) is 8.92. The molecule has 2 saturated heterocycles. The summed E-state index contributed by atoms with van der Waals surface area (Å²) in [6.45, 7) is 1.23. The fourth-order valence-electron chi connectivity index (χ4n) is 4.11. The maximum absolute atomic E-state index is 13.1. The smallest absolute Gasteiger partial charge is 0.387 e. The zero-order chi connectivity index (χ0) is 24.1. The van der Waals surface area contributed by atoms with Crippen molar-refractivity contribution in [3.05, 3.63) is 47.0 Å². The molecule has 14 heteroatoms. The van der Waals surface area contributed by atoms with Crippen LogP contribution in [0.1, 0.15) is 31.2 Å². The Labute approximate surface area is 202 Å². The average molecular weight is 556 g/mol. The van der Waals surface area contributed by atoms with Crippen LogP contribution < -0.4 is 5.73 Å². The molecule has 0 bridgehead atoms. The van der Waals surface area contributed by atoms with E-state index in [0.717, 1.165) is 10.0 Å². The highest BCUT2D eigenvalue weighted by Gasteiger charge is 2.54. The zero-order valence-corrected chi connectivity index (χ0v) is 20.5. The van der Waals surface area contributed by atoms with Crippen LogP contribution in [-0.4, -0.2) is 60.8 Å². The monoisotopic (exact) mass is 555 g/mol. The van der Waals surface area contributed by atoms with E-state index in [9.17, 15) is 14.8 Å². The molecule has 4 N–H and O–H groups in total. The SMILES string of the molecule is C[C@@]1(O)[C@H](O)[C@@H](COP2(=O)OCCC(c3ccccc3Br)O2)O[C@H]1n1cnc2c(N)ncnc21. The first-order valence-electron chi connectivity index (χ1n) is 10.5. The molecule has 3 aromatic rings. The highest BCUT2D eigenvalue weighted by molar-refractivity contribution is 9.10. The van der Waals surface area contributed by atoms with Gasteiger partial charge in [0.25, 0.3) is 0 Å². The van der Waals surface area contributed by atoms with Crippen molar-refractivity contribution in [2.24, 2.45) is 0 Å². The molecule has 0 aliphatic carbocycles. The number of halogens is 1. The van der Waals surface area contributed by atoms with Crippen LogP contribution in [0.25, 0.3) is 11.2 Å². The van der Waals surface area contributed by atoms with Crippen LogP contribution in [0.4, 0.5) is 5.82 Å². The van der Waals surface area contributed by atoms with Crippen LogP contribution in [0.2, 0.25) is 0 Å². The lowest BCUT2D eigenvalue weighted by atomic mass is 9.96. The third-order valence-corrected chi connectivity index (χ3v) is 8.13. The summed E-state index contributed by atoms with van der Waals surface area (Å²) >= 11 is 3.47. The van der Waals surface area contributed by atoms with Crippen LogP contribution in [0.15, 0.2) is 41.4 Å². The molecule has 12 nitrogen and oxygen atoms in total. The molecule has 2 aliphatic rings. The highest BCUT2D eigenvalue weighted by atomic mass is 79.9. The van der Waals surface area contributed by atoms with Gasteiger partial charge in [-0.25, -0.2) is 19.5 Å². The summed E-state index contributed by atoms with van der Waals surface area (Å²) in [6, 6.07) is 7.45. The van der Waals surface area contributed by atoms with E-state index >= 15 is 0 Å². The number of aliphatic hydroxyl groups excluding tert-OH is 1. The quantitative estimate of drug-likeness (QED) is 0.396. The number of aromatic nitrogens is 4. The Morgan fingerprint density at radius 2 is 2.15 bits per heavy atom. The van der Waals surface area contributed by atoms with Crippen LogP contribution >= 0.6 is 23.8 Å². The molecule has 0 saturated carbocycles. The molecule has 4 heterocycles. The highest BCUT2D eigenvalue weighted by Crippen LogP contribution is 2.58. The Hall–Kier alpha value is -1.96. The van der Waals surface area contributed by atoms with Gasteiger partial charge in [-0.05, 0) is 18.6 Å².